The third-order valence-corrected chi connectivity index (χ3v) is 2.07. The Morgan fingerprint density at radius 1 is 1.18 bits per heavy atom. The monoisotopic (exact) mass is 156 g/mol. The van der Waals surface area contributed by atoms with Crippen LogP contribution >= 0.6 is 0 Å². The Bertz CT molecular complexity index is 89.6. The molecule has 0 spiro atoms. The van der Waals surface area contributed by atoms with Gasteiger partial charge < -0.3 is 10.2 Å². The van der Waals surface area contributed by atoms with E-state index < -0.39 is 0 Å². The van der Waals surface area contributed by atoms with Crippen LogP contribution in [0.15, 0.2) is 0 Å². The van der Waals surface area contributed by atoms with Crippen molar-refractivity contribution in [1.82, 2.24) is 10.2 Å². The number of hydrogen-bond donors (Lipinski definition) is 1. The van der Waals surface area contributed by atoms with Crippen molar-refractivity contribution < 1.29 is 0 Å². The molecule has 0 aromatic heterocycles. The number of unbranched alkanes of at least 4 members (excludes halogenated alkanes) is 1. The van der Waals surface area contributed by atoms with Gasteiger partial charge in [-0.05, 0) is 32.5 Å². The molecule has 0 aromatic carbocycles. The average molecular weight is 156 g/mol. The van der Waals surface area contributed by atoms with Gasteiger partial charge in [-0.1, -0.05) is 13.3 Å². The summed E-state index contributed by atoms with van der Waals surface area (Å²) in [5.41, 5.74) is 0. The fourth-order valence-electron chi connectivity index (χ4n) is 1.15. The van der Waals surface area contributed by atoms with Crippen LogP contribution in [0.1, 0.15) is 26.2 Å². The van der Waals surface area contributed by atoms with Gasteiger partial charge in [0.15, 0.2) is 0 Å². The summed E-state index contributed by atoms with van der Waals surface area (Å²) in [5.74, 6) is 0. The Labute approximate surface area is 70.0 Å². The van der Waals surface area contributed by atoms with Crippen molar-refractivity contribution in [1.29, 1.82) is 0 Å². The molecule has 2 nitrogen and oxygen atoms in total. The zero-order chi connectivity index (χ0) is 7.94. The van der Waals surface area contributed by atoms with E-state index in [1.54, 1.807) is 0 Å². The molecule has 1 heterocycles. The fraction of sp³-hybridized carbons (Fsp3) is 1.00. The highest BCUT2D eigenvalue weighted by Crippen LogP contribution is 2.02. The van der Waals surface area contributed by atoms with E-state index in [0.29, 0.717) is 0 Å². The fourth-order valence-corrected chi connectivity index (χ4v) is 1.15. The molecule has 66 valence electrons. The molecule has 0 radical (unpaired) electrons. The molecule has 0 unspecified atom stereocenters. The van der Waals surface area contributed by atoms with Crippen LogP contribution in [-0.2, 0) is 0 Å². The van der Waals surface area contributed by atoms with E-state index in [1.165, 1.54) is 52.0 Å². The van der Waals surface area contributed by atoms with Gasteiger partial charge in [-0.3, -0.25) is 0 Å². The summed E-state index contributed by atoms with van der Waals surface area (Å²) in [4.78, 5) is 2.47. The highest BCUT2D eigenvalue weighted by molar-refractivity contribution is 4.71. The second-order valence-electron chi connectivity index (χ2n) is 3.30. The van der Waals surface area contributed by atoms with Crippen LogP contribution in [-0.4, -0.2) is 37.6 Å². The molecule has 2 heteroatoms. The standard InChI is InChI=1S/C9H20N2/c1-2-3-5-10-6-4-7-11-8-9-11/h10H,2-9H2,1H3. The van der Waals surface area contributed by atoms with Crippen LogP contribution in [0.2, 0.25) is 0 Å². The van der Waals surface area contributed by atoms with Crippen molar-refractivity contribution in [3.05, 3.63) is 0 Å². The summed E-state index contributed by atoms with van der Waals surface area (Å²) in [7, 11) is 0. The molecule has 0 saturated carbocycles. The second kappa shape index (κ2) is 5.56. The third kappa shape index (κ3) is 5.22. The van der Waals surface area contributed by atoms with E-state index in [0.717, 1.165) is 0 Å². The van der Waals surface area contributed by atoms with Gasteiger partial charge in [0.25, 0.3) is 0 Å². The van der Waals surface area contributed by atoms with Crippen molar-refractivity contribution >= 4 is 0 Å². The largest absolute Gasteiger partial charge is 0.317 e. The van der Waals surface area contributed by atoms with Gasteiger partial charge in [-0.2, -0.15) is 0 Å². The quantitative estimate of drug-likeness (QED) is 0.438. The van der Waals surface area contributed by atoms with E-state index in [9.17, 15) is 0 Å². The summed E-state index contributed by atoms with van der Waals surface area (Å²) in [6.07, 6.45) is 3.95. The van der Waals surface area contributed by atoms with Crippen LogP contribution in [0, 0.1) is 0 Å². The van der Waals surface area contributed by atoms with Gasteiger partial charge in [-0.15, -0.1) is 0 Å². The first-order valence-electron chi connectivity index (χ1n) is 4.86. The molecule has 1 rings (SSSR count). The molecule has 0 amide bonds. The maximum absolute atomic E-state index is 3.44. The summed E-state index contributed by atoms with van der Waals surface area (Å²) < 4.78 is 0. The summed E-state index contributed by atoms with van der Waals surface area (Å²) in [5, 5.41) is 3.44. The maximum atomic E-state index is 3.44. The molecule has 1 aliphatic heterocycles. The van der Waals surface area contributed by atoms with Gasteiger partial charge in [0.1, 0.15) is 0 Å². The van der Waals surface area contributed by atoms with Gasteiger partial charge in [0, 0.05) is 13.1 Å². The molecular weight excluding hydrogens is 136 g/mol. The van der Waals surface area contributed by atoms with Crippen molar-refractivity contribution in [2.45, 2.75) is 26.2 Å². The number of rotatable bonds is 7. The van der Waals surface area contributed by atoms with Crippen molar-refractivity contribution in [3.63, 3.8) is 0 Å². The SMILES string of the molecule is CCCCNCCCN1CC1. The molecule has 0 aliphatic carbocycles. The zero-order valence-electron chi connectivity index (χ0n) is 7.60. The van der Waals surface area contributed by atoms with Crippen LogP contribution in [0.4, 0.5) is 0 Å². The zero-order valence-corrected chi connectivity index (χ0v) is 7.60. The van der Waals surface area contributed by atoms with E-state index >= 15 is 0 Å². The first-order valence-corrected chi connectivity index (χ1v) is 4.86. The lowest BCUT2D eigenvalue weighted by molar-refractivity contribution is 0.510. The maximum Gasteiger partial charge on any atom is 0.0110 e. The molecule has 1 saturated heterocycles. The minimum atomic E-state index is 1.20. The molecule has 1 aliphatic rings. The Balaban J connectivity index is 1.66. The molecule has 1 N–H and O–H groups in total. The average Bonchev–Trinajstić information content (AvgIpc) is 2.80. The molecule has 1 fully saturated rings. The Morgan fingerprint density at radius 2 is 1.91 bits per heavy atom. The van der Waals surface area contributed by atoms with Crippen LogP contribution in [0.25, 0.3) is 0 Å². The second-order valence-corrected chi connectivity index (χ2v) is 3.30. The van der Waals surface area contributed by atoms with E-state index in [2.05, 4.69) is 17.1 Å². The first-order chi connectivity index (χ1) is 5.43. The van der Waals surface area contributed by atoms with Gasteiger partial charge in [0.2, 0.25) is 0 Å². The predicted octanol–water partition coefficient (Wildman–Crippen LogP) is 1.08. The van der Waals surface area contributed by atoms with Crippen LogP contribution in [0.3, 0.4) is 0 Å². The smallest absolute Gasteiger partial charge is 0.0110 e. The van der Waals surface area contributed by atoms with E-state index in [4.69, 9.17) is 0 Å². The van der Waals surface area contributed by atoms with E-state index in [-0.39, 0.29) is 0 Å². The van der Waals surface area contributed by atoms with Crippen molar-refractivity contribution in [2.24, 2.45) is 0 Å². The molecule has 0 aromatic rings. The predicted molar refractivity (Wildman–Crippen MR) is 48.8 cm³/mol. The van der Waals surface area contributed by atoms with Crippen molar-refractivity contribution in [2.75, 3.05) is 32.7 Å². The van der Waals surface area contributed by atoms with Gasteiger partial charge >= 0.3 is 0 Å². The number of nitrogens with zero attached hydrogens (tertiary/aromatic N) is 1. The lowest BCUT2D eigenvalue weighted by Crippen LogP contribution is -2.18. The molecule has 0 bridgehead atoms. The van der Waals surface area contributed by atoms with Crippen LogP contribution in [0.5, 0.6) is 0 Å². The summed E-state index contributed by atoms with van der Waals surface area (Å²) in [6.45, 7) is 8.63. The summed E-state index contributed by atoms with van der Waals surface area (Å²) >= 11 is 0. The molecule has 0 atom stereocenters. The molecule has 11 heavy (non-hydrogen) atoms. The highest BCUT2D eigenvalue weighted by atomic mass is 15.2. The van der Waals surface area contributed by atoms with Crippen LogP contribution < -0.4 is 5.32 Å². The Hall–Kier alpha value is -0.0800. The lowest BCUT2D eigenvalue weighted by Gasteiger charge is -2.03. The number of nitrogens with one attached hydrogen (secondary N) is 1. The summed E-state index contributed by atoms with van der Waals surface area (Å²) in [6, 6.07) is 0. The normalized spacial score (nSPS) is 17.2. The Morgan fingerprint density at radius 3 is 2.55 bits per heavy atom. The highest BCUT2D eigenvalue weighted by Gasteiger charge is 2.14. The van der Waals surface area contributed by atoms with Gasteiger partial charge in [0.05, 0.1) is 0 Å². The minimum absolute atomic E-state index is 1.20. The van der Waals surface area contributed by atoms with E-state index in [1.807, 2.05) is 0 Å². The first kappa shape index (κ1) is 9.01. The lowest BCUT2D eigenvalue weighted by atomic mass is 10.3. The number of hydrogen-bond acceptors (Lipinski definition) is 2. The van der Waals surface area contributed by atoms with Gasteiger partial charge in [-0.25, -0.2) is 0 Å². The van der Waals surface area contributed by atoms with Crippen molar-refractivity contribution in [3.8, 4) is 0 Å². The third-order valence-electron chi connectivity index (χ3n) is 2.07. The topological polar surface area (TPSA) is 15.0 Å². The minimum Gasteiger partial charge on any atom is -0.317 e. The molecular formula is C9H20N2. The Kier molecular flexibility index (Phi) is 4.55.